The first kappa shape index (κ1) is 24.8. The summed E-state index contributed by atoms with van der Waals surface area (Å²) in [6.07, 6.45) is -1.72. The molecule has 0 fully saturated rings. The Bertz CT molecular complexity index is 548. The molecule has 0 aliphatic heterocycles. The van der Waals surface area contributed by atoms with Gasteiger partial charge in [-0.3, -0.25) is 14.1 Å². The van der Waals surface area contributed by atoms with Crippen LogP contribution in [0.4, 0.5) is 0 Å². The maximum atomic E-state index is 12.3. The van der Waals surface area contributed by atoms with E-state index in [-0.39, 0.29) is 23.7 Å². The molecule has 8 heteroatoms. The average molecular weight is 395 g/mol. The van der Waals surface area contributed by atoms with E-state index in [9.17, 15) is 22.6 Å². The van der Waals surface area contributed by atoms with E-state index >= 15 is 0 Å². The molecule has 154 valence electrons. The molecule has 0 saturated carbocycles. The Kier molecular flexibility index (Phi) is 9.80. The van der Waals surface area contributed by atoms with E-state index in [1.165, 1.54) is 0 Å². The van der Waals surface area contributed by atoms with Crippen LogP contribution in [0.3, 0.4) is 0 Å². The van der Waals surface area contributed by atoms with Crippen LogP contribution in [-0.2, 0) is 29.2 Å². The van der Waals surface area contributed by atoms with Crippen molar-refractivity contribution in [3.05, 3.63) is 0 Å². The predicted molar refractivity (Wildman–Crippen MR) is 99.1 cm³/mol. The van der Waals surface area contributed by atoms with Crippen molar-refractivity contribution in [2.24, 2.45) is 23.7 Å². The third-order valence-electron chi connectivity index (χ3n) is 4.12. The first-order chi connectivity index (χ1) is 11.7. The van der Waals surface area contributed by atoms with E-state index < -0.39 is 45.9 Å². The van der Waals surface area contributed by atoms with E-state index in [1.807, 2.05) is 55.4 Å². The van der Waals surface area contributed by atoms with E-state index in [2.05, 4.69) is 0 Å². The second-order valence-electron chi connectivity index (χ2n) is 8.04. The minimum atomic E-state index is -4.81. The van der Waals surface area contributed by atoms with Crippen molar-refractivity contribution in [1.29, 1.82) is 0 Å². The van der Waals surface area contributed by atoms with Crippen molar-refractivity contribution in [1.82, 2.24) is 0 Å². The molecule has 0 aromatic carbocycles. The number of hydrogen-bond acceptors (Lipinski definition) is 6. The molecule has 7 nitrogen and oxygen atoms in total. The Morgan fingerprint density at radius 3 is 1.42 bits per heavy atom. The standard InChI is InChI=1S/C18H34O7S/c1-10(2)16(11(3)4)24-15(19)9-14(26(21,22)23)18(20)25-17(12(5)6)13(7)8/h10-14,16-17H,9H2,1-8H3,(H,21,22,23). The monoisotopic (exact) mass is 394 g/mol. The van der Waals surface area contributed by atoms with Crippen molar-refractivity contribution in [2.75, 3.05) is 0 Å². The summed E-state index contributed by atoms with van der Waals surface area (Å²) in [4.78, 5) is 24.5. The zero-order valence-electron chi connectivity index (χ0n) is 17.1. The first-order valence-corrected chi connectivity index (χ1v) is 10.5. The molecular formula is C18H34O7S. The van der Waals surface area contributed by atoms with Crippen molar-refractivity contribution >= 4 is 22.1 Å². The molecule has 0 aliphatic carbocycles. The lowest BCUT2D eigenvalue weighted by Gasteiger charge is -2.27. The summed E-state index contributed by atoms with van der Waals surface area (Å²) in [6.45, 7) is 14.9. The van der Waals surface area contributed by atoms with Crippen LogP contribution in [0.5, 0.6) is 0 Å². The summed E-state index contributed by atoms with van der Waals surface area (Å²) in [6, 6.07) is 0. The molecule has 0 aliphatic rings. The lowest BCUT2D eigenvalue weighted by Crippen LogP contribution is -2.40. The van der Waals surface area contributed by atoms with Gasteiger partial charge >= 0.3 is 11.9 Å². The Hall–Kier alpha value is -1.15. The van der Waals surface area contributed by atoms with Gasteiger partial charge in [-0.1, -0.05) is 55.4 Å². The summed E-state index contributed by atoms with van der Waals surface area (Å²) in [5.74, 6) is -2.02. The fourth-order valence-corrected chi connectivity index (χ4v) is 3.60. The van der Waals surface area contributed by atoms with Gasteiger partial charge in [0.1, 0.15) is 12.2 Å². The smallest absolute Gasteiger partial charge is 0.327 e. The van der Waals surface area contributed by atoms with Crippen LogP contribution in [-0.4, -0.2) is 42.4 Å². The van der Waals surface area contributed by atoms with Gasteiger partial charge < -0.3 is 9.47 Å². The lowest BCUT2D eigenvalue weighted by atomic mass is 9.96. The molecule has 1 unspecified atom stereocenters. The highest BCUT2D eigenvalue weighted by molar-refractivity contribution is 7.87. The number of carbonyl (C=O) groups excluding carboxylic acids is 2. The highest BCUT2D eigenvalue weighted by Crippen LogP contribution is 2.21. The van der Waals surface area contributed by atoms with Crippen LogP contribution < -0.4 is 0 Å². The molecule has 0 heterocycles. The van der Waals surface area contributed by atoms with Crippen LogP contribution in [0.2, 0.25) is 0 Å². The predicted octanol–water partition coefficient (Wildman–Crippen LogP) is 3.08. The maximum absolute atomic E-state index is 12.3. The maximum Gasteiger partial charge on any atom is 0.327 e. The van der Waals surface area contributed by atoms with Gasteiger partial charge in [0.05, 0.1) is 6.42 Å². The third-order valence-corrected chi connectivity index (χ3v) is 5.20. The molecule has 0 radical (unpaired) electrons. The Balaban J connectivity index is 5.29. The zero-order chi connectivity index (χ0) is 20.8. The fourth-order valence-electron chi connectivity index (χ4n) is 2.96. The minimum absolute atomic E-state index is 0.0290. The van der Waals surface area contributed by atoms with Gasteiger partial charge in [-0.2, -0.15) is 8.42 Å². The van der Waals surface area contributed by atoms with E-state index in [0.29, 0.717) is 0 Å². The molecule has 0 spiro atoms. The highest BCUT2D eigenvalue weighted by Gasteiger charge is 2.38. The first-order valence-electron chi connectivity index (χ1n) is 9.04. The second-order valence-corrected chi connectivity index (χ2v) is 9.64. The minimum Gasteiger partial charge on any atom is -0.462 e. The average Bonchev–Trinajstić information content (AvgIpc) is 2.44. The van der Waals surface area contributed by atoms with Crippen LogP contribution >= 0.6 is 0 Å². The molecule has 1 N–H and O–H groups in total. The second kappa shape index (κ2) is 10.3. The van der Waals surface area contributed by atoms with Gasteiger partial charge in [0.2, 0.25) is 0 Å². The van der Waals surface area contributed by atoms with Gasteiger partial charge in [0, 0.05) is 0 Å². The van der Waals surface area contributed by atoms with E-state index in [0.717, 1.165) is 0 Å². The summed E-state index contributed by atoms with van der Waals surface area (Å²) >= 11 is 0. The molecule has 0 saturated heterocycles. The number of ether oxygens (including phenoxy) is 2. The van der Waals surface area contributed by atoms with Crippen LogP contribution in [0.1, 0.15) is 61.8 Å². The van der Waals surface area contributed by atoms with Crippen LogP contribution in [0, 0.1) is 23.7 Å². The van der Waals surface area contributed by atoms with Crippen molar-refractivity contribution in [3.63, 3.8) is 0 Å². The SMILES string of the molecule is CC(C)C(OC(=O)CC(C(=O)OC(C(C)C)C(C)C)S(=O)(=O)O)C(C)C. The fraction of sp³-hybridized carbons (Fsp3) is 0.889. The van der Waals surface area contributed by atoms with Crippen molar-refractivity contribution in [2.45, 2.75) is 79.3 Å². The number of hydrogen-bond donors (Lipinski definition) is 1. The molecule has 0 rings (SSSR count). The lowest BCUT2D eigenvalue weighted by molar-refractivity contribution is -0.160. The van der Waals surface area contributed by atoms with Gasteiger partial charge in [0.25, 0.3) is 10.1 Å². The molecule has 0 aromatic heterocycles. The zero-order valence-corrected chi connectivity index (χ0v) is 17.9. The molecule has 1 atom stereocenters. The largest absolute Gasteiger partial charge is 0.462 e. The van der Waals surface area contributed by atoms with Gasteiger partial charge in [0.15, 0.2) is 5.25 Å². The van der Waals surface area contributed by atoms with Gasteiger partial charge in [-0.05, 0) is 23.7 Å². The summed E-state index contributed by atoms with van der Waals surface area (Å²) in [5.41, 5.74) is 0. The van der Waals surface area contributed by atoms with E-state index in [4.69, 9.17) is 9.47 Å². The summed E-state index contributed by atoms with van der Waals surface area (Å²) < 4.78 is 43.3. The normalized spacial score (nSPS) is 14.0. The third kappa shape index (κ3) is 8.03. The van der Waals surface area contributed by atoms with E-state index in [1.54, 1.807) is 0 Å². The molecule has 0 amide bonds. The quantitative estimate of drug-likeness (QED) is 0.448. The van der Waals surface area contributed by atoms with Crippen molar-refractivity contribution < 1.29 is 32.0 Å². The molecule has 0 aromatic rings. The molecule has 0 bridgehead atoms. The van der Waals surface area contributed by atoms with Crippen molar-refractivity contribution in [3.8, 4) is 0 Å². The Morgan fingerprint density at radius 1 is 0.769 bits per heavy atom. The number of esters is 2. The number of rotatable bonds is 10. The Labute approximate surface area is 157 Å². The highest BCUT2D eigenvalue weighted by atomic mass is 32.2. The summed E-state index contributed by atoms with van der Waals surface area (Å²) in [7, 11) is -4.81. The number of carbonyl (C=O) groups is 2. The molecule has 26 heavy (non-hydrogen) atoms. The van der Waals surface area contributed by atoms with Gasteiger partial charge in [-0.15, -0.1) is 0 Å². The van der Waals surface area contributed by atoms with Crippen LogP contribution in [0.25, 0.3) is 0 Å². The summed E-state index contributed by atoms with van der Waals surface area (Å²) in [5, 5.41) is -1.99. The van der Waals surface area contributed by atoms with Crippen LogP contribution in [0.15, 0.2) is 0 Å². The van der Waals surface area contributed by atoms with Gasteiger partial charge in [-0.25, -0.2) is 0 Å². The topological polar surface area (TPSA) is 107 Å². The molecular weight excluding hydrogens is 360 g/mol. The Morgan fingerprint density at radius 2 is 1.12 bits per heavy atom.